The Morgan fingerprint density at radius 1 is 1.33 bits per heavy atom. The molecule has 0 atom stereocenters. The molecule has 0 spiro atoms. The highest BCUT2D eigenvalue weighted by atomic mass is 16.3. The van der Waals surface area contributed by atoms with E-state index in [2.05, 4.69) is 5.10 Å². The number of aromatic nitrogens is 2. The molecule has 15 heavy (non-hydrogen) atoms. The first-order valence-corrected chi connectivity index (χ1v) is 4.77. The molecule has 3 rings (SSSR count). The predicted molar refractivity (Wildman–Crippen MR) is 54.4 cm³/mol. The zero-order chi connectivity index (χ0) is 10.4. The SMILES string of the molecule is OCn1cc2c(n1)-c1ccc(O)cc1C2. The number of hydrogen-bond donors (Lipinski definition) is 2. The minimum Gasteiger partial charge on any atom is -0.508 e. The molecule has 1 aliphatic rings. The van der Waals surface area contributed by atoms with Crippen LogP contribution in [0.5, 0.6) is 5.75 Å². The number of phenols is 1. The smallest absolute Gasteiger partial charge is 0.136 e. The first-order valence-electron chi connectivity index (χ1n) is 4.77. The number of hydrogen-bond acceptors (Lipinski definition) is 3. The van der Waals surface area contributed by atoms with Crippen molar-refractivity contribution in [3.63, 3.8) is 0 Å². The fourth-order valence-electron chi connectivity index (χ4n) is 2.05. The zero-order valence-corrected chi connectivity index (χ0v) is 8.01. The lowest BCUT2D eigenvalue weighted by atomic mass is 10.1. The number of aromatic hydroxyl groups is 1. The van der Waals surface area contributed by atoms with Crippen molar-refractivity contribution < 1.29 is 10.2 Å². The largest absolute Gasteiger partial charge is 0.508 e. The Hall–Kier alpha value is -1.81. The molecule has 1 aliphatic carbocycles. The molecule has 0 fully saturated rings. The molecule has 1 aromatic carbocycles. The number of benzene rings is 1. The summed E-state index contributed by atoms with van der Waals surface area (Å²) < 4.78 is 1.51. The van der Waals surface area contributed by atoms with E-state index in [1.807, 2.05) is 12.3 Å². The van der Waals surface area contributed by atoms with E-state index < -0.39 is 0 Å². The van der Waals surface area contributed by atoms with Gasteiger partial charge in [-0.25, -0.2) is 4.68 Å². The van der Waals surface area contributed by atoms with Gasteiger partial charge < -0.3 is 10.2 Å². The zero-order valence-electron chi connectivity index (χ0n) is 8.01. The molecule has 0 radical (unpaired) electrons. The second-order valence-corrected chi connectivity index (χ2v) is 3.70. The van der Waals surface area contributed by atoms with Crippen LogP contribution in [0.1, 0.15) is 11.1 Å². The summed E-state index contributed by atoms with van der Waals surface area (Å²) >= 11 is 0. The molecule has 2 N–H and O–H groups in total. The summed E-state index contributed by atoms with van der Waals surface area (Å²) in [5.41, 5.74) is 4.16. The topological polar surface area (TPSA) is 58.3 Å². The van der Waals surface area contributed by atoms with Gasteiger partial charge in [-0.05, 0) is 23.8 Å². The van der Waals surface area contributed by atoms with Crippen molar-refractivity contribution in [1.82, 2.24) is 9.78 Å². The van der Waals surface area contributed by atoms with Crippen LogP contribution in [0.4, 0.5) is 0 Å². The molecule has 2 aromatic rings. The Labute approximate surface area is 86.4 Å². The van der Waals surface area contributed by atoms with Crippen LogP contribution in [0.2, 0.25) is 0 Å². The molecule has 76 valence electrons. The maximum Gasteiger partial charge on any atom is 0.136 e. The fraction of sp³-hybridized carbons (Fsp3) is 0.182. The van der Waals surface area contributed by atoms with Crippen LogP contribution in [0.15, 0.2) is 24.4 Å². The van der Waals surface area contributed by atoms with Crippen molar-refractivity contribution in [2.75, 3.05) is 0 Å². The molecular weight excluding hydrogens is 192 g/mol. The van der Waals surface area contributed by atoms with Crippen LogP contribution < -0.4 is 0 Å². The summed E-state index contributed by atoms with van der Waals surface area (Å²) in [4.78, 5) is 0. The predicted octanol–water partition coefficient (Wildman–Crippen LogP) is 1.11. The lowest BCUT2D eigenvalue weighted by Gasteiger charge is -2.00. The van der Waals surface area contributed by atoms with Gasteiger partial charge in [-0.15, -0.1) is 0 Å². The van der Waals surface area contributed by atoms with Gasteiger partial charge in [0.25, 0.3) is 0 Å². The van der Waals surface area contributed by atoms with E-state index in [9.17, 15) is 5.11 Å². The standard InChI is InChI=1S/C11H10N2O2/c14-6-13-5-8-3-7-4-9(15)1-2-10(7)11(8)12-13/h1-2,4-5,14-15H,3,6H2. The number of fused-ring (bicyclic) bond motifs is 3. The second-order valence-electron chi connectivity index (χ2n) is 3.70. The molecule has 0 aliphatic heterocycles. The molecule has 0 saturated heterocycles. The Bertz CT molecular complexity index is 531. The average molecular weight is 202 g/mol. The number of aliphatic hydroxyl groups excluding tert-OH is 1. The normalized spacial score (nSPS) is 12.6. The maximum absolute atomic E-state index is 9.35. The monoisotopic (exact) mass is 202 g/mol. The minimum atomic E-state index is -0.0968. The van der Waals surface area contributed by atoms with E-state index in [4.69, 9.17) is 5.11 Å². The van der Waals surface area contributed by atoms with E-state index in [1.54, 1.807) is 12.1 Å². The first kappa shape index (κ1) is 8.49. The van der Waals surface area contributed by atoms with Gasteiger partial charge in [0.2, 0.25) is 0 Å². The summed E-state index contributed by atoms with van der Waals surface area (Å²) in [5, 5.41) is 22.6. The molecule has 0 saturated carbocycles. The maximum atomic E-state index is 9.35. The molecule has 0 amide bonds. The highest BCUT2D eigenvalue weighted by Crippen LogP contribution is 2.36. The quantitative estimate of drug-likeness (QED) is 0.621. The van der Waals surface area contributed by atoms with E-state index in [1.165, 1.54) is 4.68 Å². The van der Waals surface area contributed by atoms with Crippen LogP contribution in [0.3, 0.4) is 0 Å². The van der Waals surface area contributed by atoms with Crippen LogP contribution in [-0.2, 0) is 13.2 Å². The van der Waals surface area contributed by atoms with Gasteiger partial charge in [0.15, 0.2) is 0 Å². The molecule has 0 bridgehead atoms. The molecule has 4 heteroatoms. The van der Waals surface area contributed by atoms with Crippen molar-refractivity contribution in [3.05, 3.63) is 35.5 Å². The number of rotatable bonds is 1. The minimum absolute atomic E-state index is 0.0968. The van der Waals surface area contributed by atoms with Gasteiger partial charge in [0, 0.05) is 23.7 Å². The van der Waals surface area contributed by atoms with Crippen molar-refractivity contribution in [2.45, 2.75) is 13.2 Å². The van der Waals surface area contributed by atoms with Crippen LogP contribution in [0, 0.1) is 0 Å². The van der Waals surface area contributed by atoms with Crippen LogP contribution in [0.25, 0.3) is 11.3 Å². The van der Waals surface area contributed by atoms with Crippen molar-refractivity contribution in [2.24, 2.45) is 0 Å². The Kier molecular flexibility index (Phi) is 1.61. The van der Waals surface area contributed by atoms with Crippen LogP contribution >= 0.6 is 0 Å². The number of nitrogens with zero attached hydrogens (tertiary/aromatic N) is 2. The van der Waals surface area contributed by atoms with E-state index in [-0.39, 0.29) is 12.5 Å². The van der Waals surface area contributed by atoms with Crippen molar-refractivity contribution >= 4 is 0 Å². The van der Waals surface area contributed by atoms with Crippen molar-refractivity contribution in [1.29, 1.82) is 0 Å². The van der Waals surface area contributed by atoms with Crippen molar-refractivity contribution in [3.8, 4) is 17.0 Å². The summed E-state index contributed by atoms with van der Waals surface area (Å²) in [5.74, 6) is 0.286. The average Bonchev–Trinajstić information content (AvgIpc) is 2.73. The van der Waals surface area contributed by atoms with Gasteiger partial charge in [-0.2, -0.15) is 5.10 Å². The van der Waals surface area contributed by atoms with Gasteiger partial charge in [0.1, 0.15) is 12.5 Å². The van der Waals surface area contributed by atoms with E-state index >= 15 is 0 Å². The van der Waals surface area contributed by atoms with Crippen LogP contribution in [-0.4, -0.2) is 20.0 Å². The van der Waals surface area contributed by atoms with Gasteiger partial charge >= 0.3 is 0 Å². The van der Waals surface area contributed by atoms with Gasteiger partial charge in [-0.3, -0.25) is 0 Å². The highest BCUT2D eigenvalue weighted by Gasteiger charge is 2.22. The third-order valence-corrected chi connectivity index (χ3v) is 2.71. The van der Waals surface area contributed by atoms with E-state index in [0.29, 0.717) is 0 Å². The lowest BCUT2D eigenvalue weighted by molar-refractivity contribution is 0.195. The summed E-state index contributed by atoms with van der Waals surface area (Å²) in [6, 6.07) is 5.29. The summed E-state index contributed by atoms with van der Waals surface area (Å²) in [6.45, 7) is -0.0968. The Morgan fingerprint density at radius 3 is 3.00 bits per heavy atom. The molecule has 0 unspecified atom stereocenters. The molecule has 1 heterocycles. The third kappa shape index (κ3) is 1.15. The number of phenolic OH excluding ortho intramolecular Hbond substituents is 1. The third-order valence-electron chi connectivity index (χ3n) is 2.71. The fourth-order valence-corrected chi connectivity index (χ4v) is 2.05. The molecule has 4 nitrogen and oxygen atoms in total. The lowest BCUT2D eigenvalue weighted by Crippen LogP contribution is -1.97. The van der Waals surface area contributed by atoms with Gasteiger partial charge in [-0.1, -0.05) is 0 Å². The molecule has 1 aromatic heterocycles. The first-order chi connectivity index (χ1) is 7.28. The highest BCUT2D eigenvalue weighted by molar-refractivity contribution is 5.73. The molecular formula is C11H10N2O2. The van der Waals surface area contributed by atoms with Gasteiger partial charge in [0.05, 0.1) is 5.69 Å². The summed E-state index contributed by atoms with van der Waals surface area (Å²) in [6.07, 6.45) is 2.62. The van der Waals surface area contributed by atoms with E-state index in [0.717, 1.165) is 28.8 Å². The second kappa shape index (κ2) is 2.84. The Morgan fingerprint density at radius 2 is 2.20 bits per heavy atom. The summed E-state index contributed by atoms with van der Waals surface area (Å²) in [7, 11) is 0. The Balaban J connectivity index is 2.17. The number of aliphatic hydroxyl groups is 1.